The minimum Gasteiger partial charge on any atom is -0.494 e. The summed E-state index contributed by atoms with van der Waals surface area (Å²) >= 11 is 0. The standard InChI is InChI=1S/C36H49N7O5/c1-2-48-30-12-10-27(11-13-30)37-35(46)38-32(34(45)42-22-14-28(15-23-42)40-18-6-3-7-19-40)24-33(44)41-20-16-29(17-21-41)43-25-26-8-4-5-9-31(26)39-36(43)47/h4-5,8-13,28-29,32H,2-3,6-7,14-25H2,1H3,(H,39,47)(H2,37,38,46)/t32-/m0/s1. The maximum absolute atomic E-state index is 13.9. The van der Waals surface area contributed by atoms with Crippen LogP contribution in [0.3, 0.4) is 0 Å². The molecule has 2 aromatic carbocycles. The molecule has 6 rings (SSSR count). The fourth-order valence-electron chi connectivity index (χ4n) is 7.53. The molecule has 4 aliphatic rings. The molecule has 0 unspecified atom stereocenters. The monoisotopic (exact) mass is 659 g/mol. The number of para-hydroxylation sites is 1. The minimum atomic E-state index is -0.992. The van der Waals surface area contributed by atoms with Crippen molar-refractivity contribution in [3.05, 3.63) is 54.1 Å². The average molecular weight is 660 g/mol. The number of fused-ring (bicyclic) bond motifs is 1. The topological polar surface area (TPSA) is 127 Å². The number of nitrogens with one attached hydrogen (secondary N) is 3. The van der Waals surface area contributed by atoms with Crippen LogP contribution in [-0.2, 0) is 16.1 Å². The molecular weight excluding hydrogens is 610 g/mol. The lowest BCUT2D eigenvalue weighted by molar-refractivity contribution is -0.140. The van der Waals surface area contributed by atoms with Crippen molar-refractivity contribution in [1.29, 1.82) is 0 Å². The molecular formula is C36H49N7O5. The van der Waals surface area contributed by atoms with Crippen molar-refractivity contribution in [3.63, 3.8) is 0 Å². The number of urea groups is 2. The number of amides is 6. The summed E-state index contributed by atoms with van der Waals surface area (Å²) in [6, 6.07) is 13.7. The number of anilines is 2. The van der Waals surface area contributed by atoms with Gasteiger partial charge in [0, 0.05) is 56.2 Å². The van der Waals surface area contributed by atoms with Gasteiger partial charge in [0.25, 0.3) is 0 Å². The molecule has 0 saturated carbocycles. The summed E-state index contributed by atoms with van der Waals surface area (Å²) in [4.78, 5) is 61.6. The fourth-order valence-corrected chi connectivity index (χ4v) is 7.53. The second kappa shape index (κ2) is 15.7. The quantitative estimate of drug-likeness (QED) is 0.365. The first-order chi connectivity index (χ1) is 23.4. The van der Waals surface area contributed by atoms with Gasteiger partial charge in [-0.2, -0.15) is 0 Å². The Kier molecular flexibility index (Phi) is 11.0. The van der Waals surface area contributed by atoms with E-state index in [1.807, 2.05) is 41.0 Å². The van der Waals surface area contributed by atoms with Crippen LogP contribution in [0.2, 0.25) is 0 Å². The second-order valence-corrected chi connectivity index (χ2v) is 13.3. The van der Waals surface area contributed by atoms with Crippen molar-refractivity contribution in [1.82, 2.24) is 24.9 Å². The zero-order chi connectivity index (χ0) is 33.5. The van der Waals surface area contributed by atoms with E-state index in [0.29, 0.717) is 69.7 Å². The molecule has 258 valence electrons. The van der Waals surface area contributed by atoms with Crippen molar-refractivity contribution in [3.8, 4) is 5.75 Å². The summed E-state index contributed by atoms with van der Waals surface area (Å²) < 4.78 is 5.49. The van der Waals surface area contributed by atoms with Crippen LogP contribution in [0.1, 0.15) is 63.9 Å². The van der Waals surface area contributed by atoms with Crippen LogP contribution >= 0.6 is 0 Å². The number of hydrogen-bond acceptors (Lipinski definition) is 6. The van der Waals surface area contributed by atoms with E-state index in [-0.39, 0.29) is 30.3 Å². The van der Waals surface area contributed by atoms with Crippen molar-refractivity contribution >= 4 is 35.3 Å². The van der Waals surface area contributed by atoms with Crippen molar-refractivity contribution in [2.45, 2.75) is 83.0 Å². The van der Waals surface area contributed by atoms with E-state index in [4.69, 9.17) is 4.74 Å². The first-order valence-corrected chi connectivity index (χ1v) is 17.6. The lowest BCUT2D eigenvalue weighted by Crippen LogP contribution is -2.56. The molecule has 3 N–H and O–H groups in total. The Labute approximate surface area is 283 Å². The van der Waals surface area contributed by atoms with Crippen molar-refractivity contribution in [2.75, 3.05) is 56.5 Å². The van der Waals surface area contributed by atoms with Crippen LogP contribution in [-0.4, -0.2) is 107 Å². The van der Waals surface area contributed by atoms with E-state index in [1.54, 1.807) is 29.2 Å². The number of likely N-dealkylation sites (tertiary alicyclic amines) is 3. The summed E-state index contributed by atoms with van der Waals surface area (Å²) in [5.41, 5.74) is 2.48. The molecule has 6 amide bonds. The number of nitrogens with zero attached hydrogens (tertiary/aromatic N) is 4. The smallest absolute Gasteiger partial charge is 0.322 e. The number of piperidine rings is 3. The van der Waals surface area contributed by atoms with Crippen LogP contribution in [0, 0.1) is 0 Å². The van der Waals surface area contributed by atoms with Gasteiger partial charge in [0.1, 0.15) is 11.8 Å². The summed E-state index contributed by atoms with van der Waals surface area (Å²) in [6.07, 6.45) is 6.71. The lowest BCUT2D eigenvalue weighted by Gasteiger charge is -2.41. The Balaban J connectivity index is 1.07. The molecule has 12 nitrogen and oxygen atoms in total. The third kappa shape index (κ3) is 8.21. The van der Waals surface area contributed by atoms with Gasteiger partial charge in [-0.1, -0.05) is 24.6 Å². The number of carbonyl (C=O) groups is 4. The van der Waals surface area contributed by atoms with Gasteiger partial charge in [0.05, 0.1) is 13.0 Å². The van der Waals surface area contributed by atoms with Gasteiger partial charge in [0.2, 0.25) is 11.8 Å². The molecule has 0 aromatic heterocycles. The molecule has 48 heavy (non-hydrogen) atoms. The molecule has 4 aliphatic heterocycles. The molecule has 0 radical (unpaired) electrons. The zero-order valence-corrected chi connectivity index (χ0v) is 28.0. The second-order valence-electron chi connectivity index (χ2n) is 13.3. The number of rotatable bonds is 9. The van der Waals surface area contributed by atoms with Crippen LogP contribution in [0.15, 0.2) is 48.5 Å². The lowest BCUT2D eigenvalue weighted by atomic mass is 9.98. The molecule has 0 aliphatic carbocycles. The number of ether oxygens (including phenoxy) is 1. The molecule has 3 fully saturated rings. The van der Waals surface area contributed by atoms with E-state index in [1.165, 1.54) is 19.3 Å². The van der Waals surface area contributed by atoms with Crippen LogP contribution < -0.4 is 20.7 Å². The average Bonchev–Trinajstić information content (AvgIpc) is 3.12. The molecule has 0 bridgehead atoms. The molecule has 4 heterocycles. The van der Waals surface area contributed by atoms with Crippen molar-refractivity contribution in [2.24, 2.45) is 0 Å². The van der Waals surface area contributed by atoms with Gasteiger partial charge in [-0.25, -0.2) is 9.59 Å². The van der Waals surface area contributed by atoms with Gasteiger partial charge in [-0.3, -0.25) is 9.59 Å². The third-order valence-electron chi connectivity index (χ3n) is 10.2. The Morgan fingerprint density at radius 3 is 2.23 bits per heavy atom. The molecule has 0 spiro atoms. The third-order valence-corrected chi connectivity index (χ3v) is 10.2. The van der Waals surface area contributed by atoms with Gasteiger partial charge in [-0.05, 0) is 94.4 Å². The molecule has 3 saturated heterocycles. The van der Waals surface area contributed by atoms with Gasteiger partial charge in [-0.15, -0.1) is 0 Å². The van der Waals surface area contributed by atoms with Gasteiger partial charge in [0.15, 0.2) is 0 Å². The van der Waals surface area contributed by atoms with Gasteiger partial charge >= 0.3 is 12.1 Å². The predicted molar refractivity (Wildman–Crippen MR) is 184 cm³/mol. The normalized spacial score (nSPS) is 20.0. The first kappa shape index (κ1) is 33.6. The summed E-state index contributed by atoms with van der Waals surface area (Å²) in [6.45, 7) is 7.41. The Morgan fingerprint density at radius 2 is 1.52 bits per heavy atom. The Morgan fingerprint density at radius 1 is 0.854 bits per heavy atom. The summed E-state index contributed by atoms with van der Waals surface area (Å²) in [5, 5.41) is 8.62. The largest absolute Gasteiger partial charge is 0.494 e. The van der Waals surface area contributed by atoms with Crippen LogP contribution in [0.4, 0.5) is 21.0 Å². The highest BCUT2D eigenvalue weighted by Gasteiger charge is 2.36. The fraction of sp³-hybridized carbons (Fsp3) is 0.556. The van der Waals surface area contributed by atoms with Gasteiger partial charge < -0.3 is 40.3 Å². The molecule has 2 aromatic rings. The predicted octanol–water partition coefficient (Wildman–Crippen LogP) is 4.48. The Bertz CT molecular complexity index is 1430. The van der Waals surface area contributed by atoms with Crippen LogP contribution in [0.25, 0.3) is 0 Å². The maximum Gasteiger partial charge on any atom is 0.322 e. The van der Waals surface area contributed by atoms with Crippen LogP contribution in [0.5, 0.6) is 5.75 Å². The highest BCUT2D eigenvalue weighted by molar-refractivity contribution is 5.96. The van der Waals surface area contributed by atoms with E-state index in [2.05, 4.69) is 20.9 Å². The molecule has 1 atom stereocenters. The highest BCUT2D eigenvalue weighted by atomic mass is 16.5. The zero-order valence-electron chi connectivity index (χ0n) is 28.0. The maximum atomic E-state index is 13.9. The SMILES string of the molecule is CCOc1ccc(NC(=O)N[C@@H](CC(=O)N2CCC(N3Cc4ccccc4NC3=O)CC2)C(=O)N2CCC(N3CCCCC3)CC2)cc1. The summed E-state index contributed by atoms with van der Waals surface area (Å²) in [5.74, 6) is 0.301. The Hall–Kier alpha value is -4.32. The first-order valence-electron chi connectivity index (χ1n) is 17.6. The highest BCUT2D eigenvalue weighted by Crippen LogP contribution is 2.28. The molecule has 12 heteroatoms. The minimum absolute atomic E-state index is 0.0130. The van der Waals surface area contributed by atoms with E-state index < -0.39 is 12.1 Å². The number of carbonyl (C=O) groups excluding carboxylic acids is 4. The van der Waals surface area contributed by atoms with E-state index in [9.17, 15) is 19.2 Å². The summed E-state index contributed by atoms with van der Waals surface area (Å²) in [7, 11) is 0. The number of hydrogen-bond donors (Lipinski definition) is 3. The van der Waals surface area contributed by atoms with Crippen molar-refractivity contribution < 1.29 is 23.9 Å². The van der Waals surface area contributed by atoms with E-state index >= 15 is 0 Å². The van der Waals surface area contributed by atoms with E-state index in [0.717, 1.165) is 37.2 Å². The number of benzene rings is 2.